The van der Waals surface area contributed by atoms with Gasteiger partial charge in [0.25, 0.3) is 0 Å². The van der Waals surface area contributed by atoms with Crippen LogP contribution in [0.5, 0.6) is 0 Å². The fraction of sp³-hybridized carbons (Fsp3) is 0.348. The molecule has 32 heavy (non-hydrogen) atoms. The quantitative estimate of drug-likeness (QED) is 0.462. The van der Waals surface area contributed by atoms with Crippen molar-refractivity contribution in [1.82, 2.24) is 10.6 Å². The SMILES string of the molecule is CO[C@H](C)[C@H](NC(=O)OCC1c2ccccc2-c2ccccc21)C(=O)NC[C@H](O)C(=O)O. The first-order chi connectivity index (χ1) is 15.3. The second kappa shape index (κ2) is 10.3. The van der Waals surface area contributed by atoms with Crippen molar-refractivity contribution < 1.29 is 34.1 Å². The molecule has 9 nitrogen and oxygen atoms in total. The molecule has 1 aliphatic rings. The first-order valence-electron chi connectivity index (χ1n) is 10.2. The average molecular weight is 442 g/mol. The normalized spacial score (nSPS) is 15.1. The van der Waals surface area contributed by atoms with Crippen molar-refractivity contribution in [3.8, 4) is 11.1 Å². The number of aliphatic carboxylic acids is 1. The van der Waals surface area contributed by atoms with Crippen LogP contribution in [0, 0.1) is 0 Å². The maximum atomic E-state index is 12.5. The molecule has 0 aromatic heterocycles. The van der Waals surface area contributed by atoms with E-state index in [0.717, 1.165) is 22.3 Å². The van der Waals surface area contributed by atoms with Gasteiger partial charge in [0.05, 0.1) is 12.6 Å². The molecule has 3 atom stereocenters. The molecule has 0 radical (unpaired) electrons. The van der Waals surface area contributed by atoms with E-state index in [0.29, 0.717) is 0 Å². The Balaban J connectivity index is 1.64. The molecule has 0 saturated heterocycles. The summed E-state index contributed by atoms with van der Waals surface area (Å²) in [7, 11) is 1.37. The van der Waals surface area contributed by atoms with E-state index in [1.54, 1.807) is 6.92 Å². The lowest BCUT2D eigenvalue weighted by atomic mass is 9.98. The number of amides is 2. The predicted molar refractivity (Wildman–Crippen MR) is 115 cm³/mol. The molecule has 2 aromatic rings. The van der Waals surface area contributed by atoms with Crippen molar-refractivity contribution in [3.05, 3.63) is 59.7 Å². The van der Waals surface area contributed by atoms with Gasteiger partial charge in [-0.1, -0.05) is 48.5 Å². The van der Waals surface area contributed by atoms with Crippen LogP contribution in [0.25, 0.3) is 11.1 Å². The van der Waals surface area contributed by atoms with E-state index in [2.05, 4.69) is 10.6 Å². The highest BCUT2D eigenvalue weighted by Crippen LogP contribution is 2.44. The van der Waals surface area contributed by atoms with Gasteiger partial charge in [-0.25, -0.2) is 9.59 Å². The number of methoxy groups -OCH3 is 1. The molecule has 0 fully saturated rings. The summed E-state index contributed by atoms with van der Waals surface area (Å²) in [6.07, 6.45) is -3.29. The number of carbonyl (C=O) groups excluding carboxylic acids is 2. The van der Waals surface area contributed by atoms with Crippen LogP contribution in [0.1, 0.15) is 24.0 Å². The van der Waals surface area contributed by atoms with Gasteiger partial charge < -0.3 is 30.3 Å². The number of alkyl carbamates (subject to hydrolysis) is 1. The van der Waals surface area contributed by atoms with Gasteiger partial charge in [0.15, 0.2) is 6.10 Å². The molecule has 4 N–H and O–H groups in total. The third-order valence-corrected chi connectivity index (χ3v) is 5.50. The Morgan fingerprint density at radius 3 is 2.12 bits per heavy atom. The van der Waals surface area contributed by atoms with Gasteiger partial charge in [-0.2, -0.15) is 0 Å². The summed E-state index contributed by atoms with van der Waals surface area (Å²) in [5, 5.41) is 22.8. The Kier molecular flexibility index (Phi) is 7.45. The van der Waals surface area contributed by atoms with Crippen molar-refractivity contribution in [2.45, 2.75) is 31.1 Å². The number of aliphatic hydroxyl groups is 1. The van der Waals surface area contributed by atoms with Crippen LogP contribution in [-0.2, 0) is 19.1 Å². The highest BCUT2D eigenvalue weighted by molar-refractivity contribution is 5.87. The maximum absolute atomic E-state index is 12.5. The molecular formula is C23H26N2O7. The lowest BCUT2D eigenvalue weighted by Gasteiger charge is -2.24. The van der Waals surface area contributed by atoms with Crippen molar-refractivity contribution in [2.75, 3.05) is 20.3 Å². The van der Waals surface area contributed by atoms with Crippen molar-refractivity contribution in [3.63, 3.8) is 0 Å². The number of ether oxygens (including phenoxy) is 2. The Morgan fingerprint density at radius 1 is 1.03 bits per heavy atom. The van der Waals surface area contributed by atoms with Crippen LogP contribution in [0.3, 0.4) is 0 Å². The second-order valence-electron chi connectivity index (χ2n) is 7.49. The number of nitrogens with one attached hydrogen (secondary N) is 2. The first-order valence-corrected chi connectivity index (χ1v) is 10.2. The molecule has 0 aliphatic heterocycles. The van der Waals surface area contributed by atoms with Crippen LogP contribution >= 0.6 is 0 Å². The Bertz CT molecular complexity index is 948. The second-order valence-corrected chi connectivity index (χ2v) is 7.49. The first kappa shape index (κ1) is 23.2. The van der Waals surface area contributed by atoms with Crippen LogP contribution in [0.15, 0.2) is 48.5 Å². The lowest BCUT2D eigenvalue weighted by Crippen LogP contribution is -2.54. The molecule has 0 heterocycles. The van der Waals surface area contributed by atoms with Gasteiger partial charge in [-0.15, -0.1) is 0 Å². The minimum Gasteiger partial charge on any atom is -0.479 e. The van der Waals surface area contributed by atoms with Gasteiger partial charge >= 0.3 is 12.1 Å². The van der Waals surface area contributed by atoms with E-state index in [1.165, 1.54) is 7.11 Å². The van der Waals surface area contributed by atoms with Crippen LogP contribution in [-0.4, -0.2) is 66.7 Å². The summed E-state index contributed by atoms with van der Waals surface area (Å²) in [6, 6.07) is 14.7. The summed E-state index contributed by atoms with van der Waals surface area (Å²) in [6.45, 7) is 1.14. The van der Waals surface area contributed by atoms with Crippen molar-refractivity contribution in [1.29, 1.82) is 0 Å². The number of carboxylic acid groups (broad SMARTS) is 1. The van der Waals surface area contributed by atoms with Gasteiger partial charge in [0.2, 0.25) is 5.91 Å². The summed E-state index contributed by atoms with van der Waals surface area (Å²) in [5.74, 6) is -2.30. The van der Waals surface area contributed by atoms with Crippen LogP contribution in [0.4, 0.5) is 4.79 Å². The number of rotatable bonds is 9. The Hall–Kier alpha value is -3.43. The molecule has 0 saturated carbocycles. The maximum Gasteiger partial charge on any atom is 0.407 e. The smallest absolute Gasteiger partial charge is 0.407 e. The summed E-state index contributed by atoms with van der Waals surface area (Å²) >= 11 is 0. The fourth-order valence-corrected chi connectivity index (χ4v) is 3.69. The standard InChI is InChI=1S/C23H26N2O7/c1-13(31-2)20(21(27)24-11-19(26)22(28)29)25-23(30)32-12-18-16-9-5-3-7-14(16)15-8-4-6-10-17(15)18/h3-10,13,18-20,26H,11-12H2,1-2H3,(H,24,27)(H,25,30)(H,28,29)/t13-,19+,20+/m1/s1. The van der Waals surface area contributed by atoms with Gasteiger partial charge in [0.1, 0.15) is 12.6 Å². The van der Waals surface area contributed by atoms with Gasteiger partial charge in [0, 0.05) is 13.0 Å². The molecular weight excluding hydrogens is 416 g/mol. The monoisotopic (exact) mass is 442 g/mol. The molecule has 3 rings (SSSR count). The molecule has 0 spiro atoms. The molecule has 0 bridgehead atoms. The highest BCUT2D eigenvalue weighted by Gasteiger charge is 2.31. The van der Waals surface area contributed by atoms with Crippen molar-refractivity contribution >= 4 is 18.0 Å². The highest BCUT2D eigenvalue weighted by atomic mass is 16.5. The lowest BCUT2D eigenvalue weighted by molar-refractivity contribution is -0.146. The predicted octanol–water partition coefficient (Wildman–Crippen LogP) is 1.49. The number of benzene rings is 2. The number of hydrogen-bond acceptors (Lipinski definition) is 6. The van der Waals surface area contributed by atoms with Gasteiger partial charge in [-0.3, -0.25) is 4.79 Å². The van der Waals surface area contributed by atoms with Gasteiger partial charge in [-0.05, 0) is 29.2 Å². The zero-order chi connectivity index (χ0) is 23.3. The summed E-state index contributed by atoms with van der Waals surface area (Å²) in [5.41, 5.74) is 4.31. The van der Waals surface area contributed by atoms with E-state index in [4.69, 9.17) is 14.6 Å². The number of aliphatic hydroxyl groups excluding tert-OH is 1. The summed E-state index contributed by atoms with van der Waals surface area (Å²) < 4.78 is 10.6. The zero-order valence-corrected chi connectivity index (χ0v) is 17.8. The third-order valence-electron chi connectivity index (χ3n) is 5.50. The molecule has 9 heteroatoms. The molecule has 2 amide bonds. The largest absolute Gasteiger partial charge is 0.479 e. The van der Waals surface area contributed by atoms with Crippen molar-refractivity contribution in [2.24, 2.45) is 0 Å². The number of hydrogen-bond donors (Lipinski definition) is 4. The number of fused-ring (bicyclic) bond motifs is 3. The molecule has 2 aromatic carbocycles. The number of carboxylic acids is 1. The minimum absolute atomic E-state index is 0.0767. The Morgan fingerprint density at radius 2 is 1.59 bits per heavy atom. The third kappa shape index (κ3) is 5.06. The van der Waals surface area contributed by atoms with E-state index in [1.807, 2.05) is 48.5 Å². The molecule has 0 unspecified atom stereocenters. The fourth-order valence-electron chi connectivity index (χ4n) is 3.69. The van der Waals surface area contributed by atoms with Crippen LogP contribution < -0.4 is 10.6 Å². The average Bonchev–Trinajstić information content (AvgIpc) is 3.12. The molecule has 170 valence electrons. The van der Waals surface area contributed by atoms with E-state index in [-0.39, 0.29) is 12.5 Å². The number of carbonyl (C=O) groups is 3. The van der Waals surface area contributed by atoms with E-state index >= 15 is 0 Å². The molecule has 1 aliphatic carbocycles. The zero-order valence-electron chi connectivity index (χ0n) is 17.8. The van der Waals surface area contributed by atoms with E-state index < -0.39 is 42.8 Å². The summed E-state index contributed by atoms with van der Waals surface area (Å²) in [4.78, 5) is 35.6. The Labute approximate surface area is 185 Å². The topological polar surface area (TPSA) is 134 Å². The van der Waals surface area contributed by atoms with Crippen LogP contribution in [0.2, 0.25) is 0 Å². The van der Waals surface area contributed by atoms with E-state index in [9.17, 15) is 19.5 Å². The minimum atomic E-state index is -1.76.